The molecule has 1 amide bonds. The van der Waals surface area contributed by atoms with Gasteiger partial charge in [0.2, 0.25) is 0 Å². The van der Waals surface area contributed by atoms with Crippen LogP contribution in [0.4, 0.5) is 13.2 Å². The van der Waals surface area contributed by atoms with E-state index in [1.54, 1.807) is 6.07 Å². The second kappa shape index (κ2) is 7.95. The van der Waals surface area contributed by atoms with Gasteiger partial charge in [-0.15, -0.1) is 5.10 Å². The second-order valence-electron chi connectivity index (χ2n) is 7.49. The molecular weight excluding hydrogens is 433 g/mol. The molecule has 31 heavy (non-hydrogen) atoms. The van der Waals surface area contributed by atoms with E-state index in [2.05, 4.69) is 10.3 Å². The summed E-state index contributed by atoms with van der Waals surface area (Å²) in [5, 5.41) is 8.27. The number of nitrogens with one attached hydrogen (secondary N) is 1. The summed E-state index contributed by atoms with van der Waals surface area (Å²) >= 11 is 0. The number of aromatic nitrogens is 3. The minimum atomic E-state index is -4.70. The highest BCUT2D eigenvalue weighted by Crippen LogP contribution is 2.31. The standard InChI is InChI=1S/C20H19F3N4O3S/c21-20(22,23)14-5-4-8-16(12-14)31(29,30)25-19(28)13-9-10-18-17(11-13)24-26-27(18)15-6-2-1-3-7-15/h4-5,8-12,15H,1-3,6-7H2,(H,25,28). The predicted molar refractivity (Wildman–Crippen MR) is 106 cm³/mol. The van der Waals surface area contributed by atoms with E-state index in [9.17, 15) is 26.4 Å². The first-order valence-corrected chi connectivity index (χ1v) is 11.2. The number of halogens is 3. The average molecular weight is 452 g/mol. The van der Waals surface area contributed by atoms with E-state index in [0.717, 1.165) is 49.4 Å². The van der Waals surface area contributed by atoms with Gasteiger partial charge in [0.15, 0.2) is 0 Å². The monoisotopic (exact) mass is 452 g/mol. The molecule has 3 aromatic rings. The molecule has 1 aliphatic rings. The number of rotatable bonds is 4. The van der Waals surface area contributed by atoms with Crippen molar-refractivity contribution in [3.63, 3.8) is 0 Å². The van der Waals surface area contributed by atoms with E-state index in [4.69, 9.17) is 0 Å². The van der Waals surface area contributed by atoms with Gasteiger partial charge < -0.3 is 0 Å². The molecule has 1 N–H and O–H groups in total. The molecule has 11 heteroatoms. The van der Waals surface area contributed by atoms with Crippen LogP contribution in [0.2, 0.25) is 0 Å². The minimum absolute atomic E-state index is 0.0127. The number of sulfonamides is 1. The van der Waals surface area contributed by atoms with Crippen LogP contribution < -0.4 is 4.72 Å². The van der Waals surface area contributed by atoms with Gasteiger partial charge in [-0.25, -0.2) is 17.8 Å². The number of amides is 1. The summed E-state index contributed by atoms with van der Waals surface area (Å²) in [6.07, 6.45) is 0.699. The zero-order valence-corrected chi connectivity index (χ0v) is 17.1. The van der Waals surface area contributed by atoms with Crippen molar-refractivity contribution >= 4 is 27.0 Å². The molecule has 1 fully saturated rings. The Labute approximate surface area is 176 Å². The summed E-state index contributed by atoms with van der Waals surface area (Å²) in [6.45, 7) is 0. The molecule has 7 nitrogen and oxygen atoms in total. The molecule has 1 saturated carbocycles. The first-order valence-electron chi connectivity index (χ1n) is 9.74. The van der Waals surface area contributed by atoms with E-state index in [1.807, 2.05) is 9.40 Å². The molecule has 0 radical (unpaired) electrons. The lowest BCUT2D eigenvalue weighted by Crippen LogP contribution is -2.30. The van der Waals surface area contributed by atoms with Gasteiger partial charge in [-0.1, -0.05) is 30.5 Å². The average Bonchev–Trinajstić information content (AvgIpc) is 3.17. The molecule has 1 heterocycles. The van der Waals surface area contributed by atoms with Gasteiger partial charge in [0.25, 0.3) is 15.9 Å². The van der Waals surface area contributed by atoms with Crippen molar-refractivity contribution in [2.45, 2.75) is 49.2 Å². The third kappa shape index (κ3) is 4.41. The molecule has 0 spiro atoms. The van der Waals surface area contributed by atoms with Gasteiger partial charge >= 0.3 is 6.18 Å². The maximum absolute atomic E-state index is 12.9. The fraction of sp³-hybridized carbons (Fsp3) is 0.350. The van der Waals surface area contributed by atoms with Crippen molar-refractivity contribution < 1.29 is 26.4 Å². The van der Waals surface area contributed by atoms with Gasteiger partial charge in [0.1, 0.15) is 5.52 Å². The number of alkyl halides is 3. The van der Waals surface area contributed by atoms with Crippen LogP contribution in [0.3, 0.4) is 0 Å². The number of carbonyl (C=O) groups excluding carboxylic acids is 1. The highest BCUT2D eigenvalue weighted by molar-refractivity contribution is 7.90. The van der Waals surface area contributed by atoms with E-state index < -0.39 is 32.6 Å². The van der Waals surface area contributed by atoms with Crippen LogP contribution in [-0.4, -0.2) is 29.3 Å². The molecule has 1 aliphatic carbocycles. The number of hydrogen-bond donors (Lipinski definition) is 1. The van der Waals surface area contributed by atoms with Gasteiger partial charge in [-0.2, -0.15) is 13.2 Å². The molecule has 2 aromatic carbocycles. The van der Waals surface area contributed by atoms with Crippen molar-refractivity contribution in [1.82, 2.24) is 19.7 Å². The number of carbonyl (C=O) groups is 1. The summed E-state index contributed by atoms with van der Waals surface area (Å²) in [4.78, 5) is 11.8. The van der Waals surface area contributed by atoms with Crippen molar-refractivity contribution in [2.75, 3.05) is 0 Å². The first-order chi connectivity index (χ1) is 14.6. The Morgan fingerprint density at radius 3 is 2.52 bits per heavy atom. The Bertz CT molecular complexity index is 1230. The van der Waals surface area contributed by atoms with Crippen LogP contribution in [0.25, 0.3) is 11.0 Å². The summed E-state index contributed by atoms with van der Waals surface area (Å²) < 4.78 is 67.1. The SMILES string of the molecule is O=C(NS(=O)(=O)c1cccc(C(F)(F)F)c1)c1ccc2c(c1)nnn2C1CCCCC1. The summed E-state index contributed by atoms with van der Waals surface area (Å²) in [6, 6.07) is 7.94. The Kier molecular flexibility index (Phi) is 5.46. The van der Waals surface area contributed by atoms with Crippen LogP contribution in [0.5, 0.6) is 0 Å². The Morgan fingerprint density at radius 2 is 1.81 bits per heavy atom. The van der Waals surface area contributed by atoms with Crippen molar-refractivity contribution in [3.8, 4) is 0 Å². The van der Waals surface area contributed by atoms with Gasteiger partial charge in [-0.05, 0) is 49.2 Å². The lowest BCUT2D eigenvalue weighted by Gasteiger charge is -2.21. The van der Waals surface area contributed by atoms with Gasteiger partial charge in [0, 0.05) is 5.56 Å². The van der Waals surface area contributed by atoms with E-state index >= 15 is 0 Å². The third-order valence-corrected chi connectivity index (χ3v) is 6.68. The Balaban J connectivity index is 1.57. The van der Waals surface area contributed by atoms with Crippen LogP contribution in [0.15, 0.2) is 47.4 Å². The fourth-order valence-corrected chi connectivity index (χ4v) is 4.78. The highest BCUT2D eigenvalue weighted by atomic mass is 32.2. The largest absolute Gasteiger partial charge is 0.416 e. The summed E-state index contributed by atoms with van der Waals surface area (Å²) in [5.41, 5.74) is 0.0705. The van der Waals surface area contributed by atoms with Crippen molar-refractivity contribution in [1.29, 1.82) is 0 Å². The smallest absolute Gasteiger partial charge is 0.268 e. The zero-order chi connectivity index (χ0) is 22.2. The highest BCUT2D eigenvalue weighted by Gasteiger charge is 2.32. The lowest BCUT2D eigenvalue weighted by molar-refractivity contribution is -0.137. The molecule has 0 aliphatic heterocycles. The van der Waals surface area contributed by atoms with Crippen LogP contribution >= 0.6 is 0 Å². The normalized spacial score (nSPS) is 15.8. The molecule has 164 valence electrons. The van der Waals surface area contributed by atoms with Crippen molar-refractivity contribution in [3.05, 3.63) is 53.6 Å². The van der Waals surface area contributed by atoms with E-state index in [0.29, 0.717) is 11.6 Å². The maximum atomic E-state index is 12.9. The van der Waals surface area contributed by atoms with Crippen LogP contribution in [0.1, 0.15) is 54.1 Å². The maximum Gasteiger partial charge on any atom is 0.416 e. The van der Waals surface area contributed by atoms with Gasteiger partial charge in [-0.3, -0.25) is 4.79 Å². The fourth-order valence-electron chi connectivity index (χ4n) is 3.76. The molecule has 0 saturated heterocycles. The lowest BCUT2D eigenvalue weighted by atomic mass is 9.95. The molecule has 1 aromatic heterocycles. The first kappa shape index (κ1) is 21.3. The predicted octanol–water partition coefficient (Wildman–Crippen LogP) is 4.07. The van der Waals surface area contributed by atoms with E-state index in [1.165, 1.54) is 18.6 Å². The molecule has 0 atom stereocenters. The topological polar surface area (TPSA) is 93.9 Å². The van der Waals surface area contributed by atoms with Crippen LogP contribution in [0, 0.1) is 0 Å². The zero-order valence-electron chi connectivity index (χ0n) is 16.3. The molecule has 4 rings (SSSR count). The third-order valence-electron chi connectivity index (χ3n) is 5.35. The molecular formula is C20H19F3N4O3S. The van der Waals surface area contributed by atoms with Crippen molar-refractivity contribution in [2.24, 2.45) is 0 Å². The van der Waals surface area contributed by atoms with Crippen LogP contribution in [-0.2, 0) is 16.2 Å². The molecule has 0 bridgehead atoms. The Morgan fingerprint density at radius 1 is 1.06 bits per heavy atom. The van der Waals surface area contributed by atoms with Gasteiger partial charge in [0.05, 0.1) is 22.0 Å². The van der Waals surface area contributed by atoms with E-state index in [-0.39, 0.29) is 11.6 Å². The molecule has 0 unspecified atom stereocenters. The number of fused-ring (bicyclic) bond motifs is 1. The quantitative estimate of drug-likeness (QED) is 0.644. The summed E-state index contributed by atoms with van der Waals surface area (Å²) in [5.74, 6) is -0.966. The Hall–Kier alpha value is -2.95. The number of nitrogens with zero attached hydrogens (tertiary/aromatic N) is 3. The number of hydrogen-bond acceptors (Lipinski definition) is 5. The number of benzene rings is 2. The minimum Gasteiger partial charge on any atom is -0.268 e. The summed E-state index contributed by atoms with van der Waals surface area (Å²) in [7, 11) is -4.50. The second-order valence-corrected chi connectivity index (χ2v) is 9.17.